The van der Waals surface area contributed by atoms with E-state index in [-0.39, 0.29) is 0 Å². The van der Waals surface area contributed by atoms with Crippen LogP contribution in [0.3, 0.4) is 0 Å². The van der Waals surface area contributed by atoms with Gasteiger partial charge in [-0.15, -0.1) is 0 Å². The fourth-order valence-corrected chi connectivity index (χ4v) is 7.97. The molecule has 0 saturated carbocycles. The third kappa shape index (κ3) is 5.81. The van der Waals surface area contributed by atoms with Crippen LogP contribution in [0.1, 0.15) is 0 Å². The normalized spacial score (nSPS) is 11.9. The molecule has 0 bridgehead atoms. The number of anilines is 6. The second-order valence-electron chi connectivity index (χ2n) is 13.8. The Morgan fingerprint density at radius 1 is 0.304 bits per heavy atom. The summed E-state index contributed by atoms with van der Waals surface area (Å²) >= 11 is 0. The number of para-hydroxylation sites is 5. The van der Waals surface area contributed by atoms with Gasteiger partial charge in [0.15, 0.2) is 0 Å². The Hall–Kier alpha value is -7.56. The van der Waals surface area contributed by atoms with Gasteiger partial charge >= 0.3 is 0 Å². The molecule has 1 aliphatic rings. The standard InChI is InChI=1S/C52H36N4/c1-5-18-38(19-6-1)48-49(39-33-31-37(32-34-39)42-24-17-35-53-36-42)52(51(41-22-9-3-10-23-41)54-50(48)40-20-7-2-8-21-40)56-46-29-15-13-27-44(46)55(43-25-11-4-12-26-43)45-28-14-16-30-47(45)56/h1-36H. The van der Waals surface area contributed by atoms with Gasteiger partial charge in [-0.25, -0.2) is 4.98 Å². The van der Waals surface area contributed by atoms with Crippen molar-refractivity contribution in [3.05, 3.63) is 219 Å². The van der Waals surface area contributed by atoms with Crippen LogP contribution < -0.4 is 9.80 Å². The zero-order valence-corrected chi connectivity index (χ0v) is 30.6. The fraction of sp³-hybridized carbons (Fsp3) is 0. The minimum Gasteiger partial charge on any atom is -0.306 e. The largest absolute Gasteiger partial charge is 0.306 e. The number of hydrogen-bond acceptors (Lipinski definition) is 4. The lowest BCUT2D eigenvalue weighted by Crippen LogP contribution is -2.25. The first-order valence-corrected chi connectivity index (χ1v) is 18.9. The topological polar surface area (TPSA) is 32.3 Å². The zero-order chi connectivity index (χ0) is 37.3. The number of benzene rings is 7. The second kappa shape index (κ2) is 14.3. The quantitative estimate of drug-likeness (QED) is 0.164. The summed E-state index contributed by atoms with van der Waals surface area (Å²) in [5.41, 5.74) is 16.9. The van der Waals surface area contributed by atoms with Gasteiger partial charge in [0.1, 0.15) is 0 Å². The lowest BCUT2D eigenvalue weighted by Gasteiger charge is -2.42. The van der Waals surface area contributed by atoms with Crippen molar-refractivity contribution in [2.45, 2.75) is 0 Å². The van der Waals surface area contributed by atoms with E-state index < -0.39 is 0 Å². The highest BCUT2D eigenvalue weighted by Crippen LogP contribution is 2.59. The molecule has 10 rings (SSSR count). The van der Waals surface area contributed by atoms with E-state index >= 15 is 0 Å². The van der Waals surface area contributed by atoms with Gasteiger partial charge in [-0.3, -0.25) is 4.98 Å². The van der Waals surface area contributed by atoms with Crippen LogP contribution in [0.2, 0.25) is 0 Å². The molecule has 0 saturated heterocycles. The van der Waals surface area contributed by atoms with Crippen LogP contribution in [0.25, 0.3) is 55.9 Å². The summed E-state index contributed by atoms with van der Waals surface area (Å²) in [6.45, 7) is 0. The third-order valence-electron chi connectivity index (χ3n) is 10.5. The van der Waals surface area contributed by atoms with Gasteiger partial charge in [-0.05, 0) is 64.7 Å². The highest BCUT2D eigenvalue weighted by atomic mass is 15.3. The second-order valence-corrected chi connectivity index (χ2v) is 13.8. The first kappa shape index (κ1) is 33.0. The smallest absolute Gasteiger partial charge is 0.0956 e. The summed E-state index contributed by atoms with van der Waals surface area (Å²) in [5, 5.41) is 0. The van der Waals surface area contributed by atoms with Crippen molar-refractivity contribution in [3.8, 4) is 55.9 Å². The Morgan fingerprint density at radius 2 is 0.732 bits per heavy atom. The fourth-order valence-electron chi connectivity index (χ4n) is 7.97. The van der Waals surface area contributed by atoms with Crippen molar-refractivity contribution in [3.63, 3.8) is 0 Å². The molecule has 0 amide bonds. The Morgan fingerprint density at radius 3 is 1.27 bits per heavy atom. The number of rotatable bonds is 7. The van der Waals surface area contributed by atoms with E-state index in [0.717, 1.165) is 90.0 Å². The molecule has 264 valence electrons. The molecule has 0 fully saturated rings. The first-order valence-electron chi connectivity index (χ1n) is 18.9. The Balaban J connectivity index is 1.36. The molecule has 0 unspecified atom stereocenters. The van der Waals surface area contributed by atoms with Gasteiger partial charge in [0.05, 0.1) is 39.8 Å². The van der Waals surface area contributed by atoms with Crippen molar-refractivity contribution in [2.24, 2.45) is 0 Å². The molecule has 0 radical (unpaired) electrons. The predicted molar refractivity (Wildman–Crippen MR) is 232 cm³/mol. The summed E-state index contributed by atoms with van der Waals surface area (Å²) in [6, 6.07) is 73.1. The van der Waals surface area contributed by atoms with Crippen LogP contribution in [0, 0.1) is 0 Å². The Bertz CT molecular complexity index is 2720. The van der Waals surface area contributed by atoms with Gasteiger partial charge in [0, 0.05) is 40.3 Å². The minimum atomic E-state index is 0.897. The number of nitrogens with zero attached hydrogens (tertiary/aromatic N) is 4. The maximum Gasteiger partial charge on any atom is 0.0956 e. The highest BCUT2D eigenvalue weighted by molar-refractivity contribution is 6.11. The van der Waals surface area contributed by atoms with Gasteiger partial charge in [0.2, 0.25) is 0 Å². The SMILES string of the molecule is c1ccc(-c2nc(-c3ccccc3)c(N3c4ccccc4N(c4ccccc4)c4ccccc43)c(-c3ccc(-c4cccnc4)cc3)c2-c2ccccc2)cc1. The van der Waals surface area contributed by atoms with Crippen molar-refractivity contribution in [2.75, 3.05) is 9.80 Å². The van der Waals surface area contributed by atoms with Gasteiger partial charge in [0.25, 0.3) is 0 Å². The van der Waals surface area contributed by atoms with Crippen molar-refractivity contribution in [1.29, 1.82) is 0 Å². The van der Waals surface area contributed by atoms with Crippen LogP contribution >= 0.6 is 0 Å². The summed E-state index contributed by atoms with van der Waals surface area (Å²) in [4.78, 5) is 15.0. The number of hydrogen-bond donors (Lipinski definition) is 0. The molecule has 0 spiro atoms. The number of pyridine rings is 2. The van der Waals surface area contributed by atoms with E-state index in [1.165, 1.54) is 0 Å². The summed E-state index contributed by atoms with van der Waals surface area (Å²) < 4.78 is 0. The van der Waals surface area contributed by atoms with Crippen LogP contribution in [0.5, 0.6) is 0 Å². The highest BCUT2D eigenvalue weighted by Gasteiger charge is 2.35. The van der Waals surface area contributed by atoms with Crippen LogP contribution in [-0.4, -0.2) is 9.97 Å². The van der Waals surface area contributed by atoms with Crippen LogP contribution in [0.15, 0.2) is 219 Å². The van der Waals surface area contributed by atoms with Gasteiger partial charge < -0.3 is 9.80 Å². The van der Waals surface area contributed by atoms with E-state index in [4.69, 9.17) is 4.98 Å². The average Bonchev–Trinajstić information content (AvgIpc) is 3.29. The molecule has 1 aliphatic heterocycles. The van der Waals surface area contributed by atoms with Crippen LogP contribution in [-0.2, 0) is 0 Å². The molecule has 4 nitrogen and oxygen atoms in total. The van der Waals surface area contributed by atoms with Crippen LogP contribution in [0.4, 0.5) is 34.1 Å². The zero-order valence-electron chi connectivity index (χ0n) is 30.6. The third-order valence-corrected chi connectivity index (χ3v) is 10.5. The molecule has 2 aromatic heterocycles. The lowest BCUT2D eigenvalue weighted by molar-refractivity contribution is 1.16. The maximum absolute atomic E-state index is 5.78. The molecule has 4 heteroatoms. The molecule has 7 aromatic carbocycles. The number of aromatic nitrogens is 2. The molecule has 0 aliphatic carbocycles. The monoisotopic (exact) mass is 716 g/mol. The van der Waals surface area contributed by atoms with E-state index in [2.05, 4.69) is 215 Å². The Kier molecular flexibility index (Phi) is 8.47. The maximum atomic E-state index is 5.78. The van der Waals surface area contributed by atoms with Gasteiger partial charge in [-0.2, -0.15) is 0 Å². The van der Waals surface area contributed by atoms with Crippen molar-refractivity contribution in [1.82, 2.24) is 9.97 Å². The predicted octanol–water partition coefficient (Wildman–Crippen LogP) is 14.1. The molecular formula is C52H36N4. The van der Waals surface area contributed by atoms with E-state index in [1.807, 2.05) is 18.5 Å². The van der Waals surface area contributed by atoms with E-state index in [0.29, 0.717) is 0 Å². The molecule has 0 atom stereocenters. The Labute approximate surface area is 327 Å². The minimum absolute atomic E-state index is 0.897. The van der Waals surface area contributed by atoms with Crippen molar-refractivity contribution >= 4 is 34.1 Å². The van der Waals surface area contributed by atoms with E-state index in [1.54, 1.807) is 0 Å². The average molecular weight is 717 g/mol. The summed E-state index contributed by atoms with van der Waals surface area (Å²) in [6.07, 6.45) is 3.74. The van der Waals surface area contributed by atoms with Gasteiger partial charge in [-0.1, -0.05) is 164 Å². The summed E-state index contributed by atoms with van der Waals surface area (Å²) in [7, 11) is 0. The molecular weight excluding hydrogens is 681 g/mol. The molecule has 3 heterocycles. The molecule has 9 aromatic rings. The molecule has 56 heavy (non-hydrogen) atoms. The van der Waals surface area contributed by atoms with Crippen molar-refractivity contribution < 1.29 is 0 Å². The molecule has 0 N–H and O–H groups in total. The van der Waals surface area contributed by atoms with E-state index in [9.17, 15) is 0 Å². The number of fused-ring (bicyclic) bond motifs is 2. The summed E-state index contributed by atoms with van der Waals surface area (Å²) in [5.74, 6) is 0. The first-order chi connectivity index (χ1) is 27.8. The lowest BCUT2D eigenvalue weighted by atomic mass is 9.86.